The minimum atomic E-state index is -1.33. The van der Waals surface area contributed by atoms with Crippen molar-refractivity contribution in [1.82, 2.24) is 0 Å². The van der Waals surface area contributed by atoms with Gasteiger partial charge in [0.15, 0.2) is 0 Å². The van der Waals surface area contributed by atoms with E-state index in [0.717, 1.165) is 6.92 Å². The Hall–Kier alpha value is 0.854. The average Bonchev–Trinajstić information content (AvgIpc) is 1.25. The Bertz CT molecular complexity index is 73.0. The first-order valence-electron chi connectivity index (χ1n) is 2.10. The molecule has 9 heavy (non-hydrogen) atoms. The largest absolute Gasteiger partial charge is 0.300 e. The summed E-state index contributed by atoms with van der Waals surface area (Å²) in [5.41, 5.74) is 0. The molecule has 0 aromatic carbocycles. The first-order valence-corrected chi connectivity index (χ1v) is 2.10. The van der Waals surface area contributed by atoms with Crippen LogP contribution in [0.1, 0.15) is 20.8 Å². The number of ketones is 1. The quantitative estimate of drug-likeness (QED) is 0.619. The molecule has 0 amide bonds. The number of hydrogen-bond acceptors (Lipinski definition) is 2. The third-order valence-corrected chi connectivity index (χ3v) is 0. The second-order valence-electron chi connectivity index (χ2n) is 1.38. The number of carbonyl (C=O) groups excluding carboxylic acids is 2. The van der Waals surface area contributed by atoms with Crippen molar-refractivity contribution in [1.29, 1.82) is 0 Å². The molecular formula is C5H9EuFO2. The fourth-order valence-corrected chi connectivity index (χ4v) is 0. The van der Waals surface area contributed by atoms with Gasteiger partial charge in [0.25, 0.3) is 6.04 Å². The summed E-state index contributed by atoms with van der Waals surface area (Å²) < 4.78 is 10.4. The minimum absolute atomic E-state index is 0. The van der Waals surface area contributed by atoms with E-state index in [1.165, 1.54) is 13.8 Å². The van der Waals surface area contributed by atoms with Crippen molar-refractivity contribution < 1.29 is 63.4 Å². The van der Waals surface area contributed by atoms with Crippen LogP contribution in [-0.4, -0.2) is 11.8 Å². The Labute approximate surface area is 94.7 Å². The predicted octanol–water partition coefficient (Wildman–Crippen LogP) is 1.10. The zero-order chi connectivity index (χ0) is 7.15. The predicted molar refractivity (Wildman–Crippen MR) is 28.1 cm³/mol. The molecule has 0 aliphatic heterocycles. The molecule has 1 radical (unpaired) electrons. The first kappa shape index (κ1) is 16.4. The van der Waals surface area contributed by atoms with Gasteiger partial charge in [0.05, 0.1) is 0 Å². The summed E-state index contributed by atoms with van der Waals surface area (Å²) in [4.78, 5) is 18.2. The molecule has 0 aromatic heterocycles. The van der Waals surface area contributed by atoms with Crippen molar-refractivity contribution in [2.24, 2.45) is 0 Å². The van der Waals surface area contributed by atoms with Crippen LogP contribution in [0.3, 0.4) is 0 Å². The summed E-state index contributed by atoms with van der Waals surface area (Å²) in [7, 11) is 0. The third-order valence-electron chi connectivity index (χ3n) is 0. The third kappa shape index (κ3) is 570. The van der Waals surface area contributed by atoms with Gasteiger partial charge in [-0.25, -0.2) is 0 Å². The van der Waals surface area contributed by atoms with E-state index < -0.39 is 6.04 Å². The summed E-state index contributed by atoms with van der Waals surface area (Å²) in [5, 5.41) is 0. The van der Waals surface area contributed by atoms with Crippen LogP contribution in [0.2, 0.25) is 0 Å². The SMILES string of the molecule is CC(=O)F.CC(C)=O.[Eu]. The Morgan fingerprint density at radius 3 is 1.11 bits per heavy atom. The summed E-state index contributed by atoms with van der Waals surface area (Å²) >= 11 is 0. The van der Waals surface area contributed by atoms with Gasteiger partial charge in [0, 0.05) is 56.3 Å². The fourth-order valence-electron chi connectivity index (χ4n) is 0. The molecule has 0 saturated carbocycles. The van der Waals surface area contributed by atoms with Crippen LogP contribution < -0.4 is 0 Å². The summed E-state index contributed by atoms with van der Waals surface area (Å²) in [5.74, 6) is 0.167. The van der Waals surface area contributed by atoms with E-state index in [-0.39, 0.29) is 55.2 Å². The smallest absolute Gasteiger partial charge is 0.298 e. The summed E-state index contributed by atoms with van der Waals surface area (Å²) in [6.45, 7) is 3.92. The van der Waals surface area contributed by atoms with Gasteiger partial charge in [0.1, 0.15) is 5.78 Å². The van der Waals surface area contributed by atoms with Gasteiger partial charge in [0.2, 0.25) is 0 Å². The van der Waals surface area contributed by atoms with Crippen molar-refractivity contribution >= 4 is 11.8 Å². The number of carbonyl (C=O) groups is 2. The van der Waals surface area contributed by atoms with Crippen LogP contribution >= 0.6 is 0 Å². The van der Waals surface area contributed by atoms with Gasteiger partial charge in [-0.1, -0.05) is 0 Å². The van der Waals surface area contributed by atoms with Crippen LogP contribution in [0.15, 0.2) is 0 Å². The number of hydrogen-bond donors (Lipinski definition) is 0. The zero-order valence-electron chi connectivity index (χ0n) is 5.57. The van der Waals surface area contributed by atoms with E-state index in [1.54, 1.807) is 0 Å². The van der Waals surface area contributed by atoms with Gasteiger partial charge in [-0.3, -0.25) is 4.79 Å². The molecule has 0 aromatic rings. The Morgan fingerprint density at radius 2 is 1.11 bits per heavy atom. The monoisotopic (exact) mass is 273 g/mol. The molecule has 0 heterocycles. The molecule has 0 bridgehead atoms. The van der Waals surface area contributed by atoms with Crippen molar-refractivity contribution in [2.75, 3.05) is 0 Å². The van der Waals surface area contributed by atoms with Crippen LogP contribution in [0.4, 0.5) is 4.39 Å². The Kier molecular flexibility index (Phi) is 21.2. The molecule has 0 aliphatic rings. The number of Topliss-reactive ketones (excluding diaryl/α,β-unsaturated/α-hetero) is 1. The number of halogens is 1. The van der Waals surface area contributed by atoms with Crippen LogP contribution in [-0.2, 0) is 9.59 Å². The van der Waals surface area contributed by atoms with Crippen LogP contribution in [0.5, 0.6) is 0 Å². The molecule has 0 rings (SSSR count). The Balaban J connectivity index is -0.0000000720. The van der Waals surface area contributed by atoms with E-state index in [9.17, 15) is 9.18 Å². The van der Waals surface area contributed by atoms with Gasteiger partial charge in [-0.2, -0.15) is 4.39 Å². The fraction of sp³-hybridized carbons (Fsp3) is 0.600. The molecule has 0 aliphatic carbocycles. The zero-order valence-corrected chi connectivity index (χ0v) is 8.00. The summed E-state index contributed by atoms with van der Waals surface area (Å²) in [6, 6.07) is -1.33. The average molecular weight is 272 g/mol. The molecule has 0 N–H and O–H groups in total. The van der Waals surface area contributed by atoms with E-state index in [1.807, 2.05) is 0 Å². The maximum atomic E-state index is 10.4. The van der Waals surface area contributed by atoms with Crippen molar-refractivity contribution in [3.63, 3.8) is 0 Å². The molecule has 0 atom stereocenters. The van der Waals surface area contributed by atoms with Gasteiger partial charge >= 0.3 is 0 Å². The van der Waals surface area contributed by atoms with Crippen LogP contribution in [0.25, 0.3) is 0 Å². The molecule has 4 heteroatoms. The molecule has 0 unspecified atom stereocenters. The standard InChI is InChI=1S/C3H6O.C2H3FO.Eu/c1-3(2)4;1-2(3)4;/h1-2H3;1H3;. The molecular weight excluding hydrogens is 263 g/mol. The molecule has 0 fully saturated rings. The first-order chi connectivity index (χ1) is 3.46. The molecule has 0 spiro atoms. The van der Waals surface area contributed by atoms with E-state index in [2.05, 4.69) is 0 Å². The maximum absolute atomic E-state index is 10.4. The van der Waals surface area contributed by atoms with Crippen molar-refractivity contribution in [3.05, 3.63) is 0 Å². The van der Waals surface area contributed by atoms with Gasteiger partial charge in [-0.15, -0.1) is 0 Å². The molecule has 0 saturated heterocycles. The van der Waals surface area contributed by atoms with E-state index in [4.69, 9.17) is 4.79 Å². The normalized spacial score (nSPS) is 5.78. The van der Waals surface area contributed by atoms with E-state index in [0.29, 0.717) is 0 Å². The van der Waals surface area contributed by atoms with Crippen molar-refractivity contribution in [3.8, 4) is 0 Å². The maximum Gasteiger partial charge on any atom is 0.298 e. The van der Waals surface area contributed by atoms with Crippen molar-refractivity contribution in [2.45, 2.75) is 20.8 Å². The molecule has 55 valence electrons. The summed E-state index contributed by atoms with van der Waals surface area (Å²) in [6.07, 6.45) is 0. The number of rotatable bonds is 0. The van der Waals surface area contributed by atoms with Gasteiger partial charge in [-0.05, 0) is 13.8 Å². The topological polar surface area (TPSA) is 34.1 Å². The second kappa shape index (κ2) is 11.6. The van der Waals surface area contributed by atoms with Crippen LogP contribution in [0, 0.1) is 49.4 Å². The van der Waals surface area contributed by atoms with E-state index >= 15 is 0 Å². The Morgan fingerprint density at radius 1 is 1.11 bits per heavy atom. The minimum Gasteiger partial charge on any atom is -0.300 e. The second-order valence-corrected chi connectivity index (χ2v) is 1.38. The molecule has 2 nitrogen and oxygen atoms in total. The van der Waals surface area contributed by atoms with Gasteiger partial charge < -0.3 is 4.79 Å².